The summed E-state index contributed by atoms with van der Waals surface area (Å²) in [5, 5.41) is 2.55. The van der Waals surface area contributed by atoms with Gasteiger partial charge in [0.05, 0.1) is 12.9 Å². The first kappa shape index (κ1) is 13.6. The summed E-state index contributed by atoms with van der Waals surface area (Å²) in [6.07, 6.45) is 2.52. The van der Waals surface area contributed by atoms with Gasteiger partial charge in [-0.2, -0.15) is 24.4 Å². The predicted octanol–water partition coefficient (Wildman–Crippen LogP) is 0.327. The number of methoxy groups -OCH3 is 1. The largest absolute Gasteiger partial charge is 0.467 e. The zero-order valence-electron chi connectivity index (χ0n) is 8.28. The highest BCUT2D eigenvalue weighted by Gasteiger charge is 2.19. The van der Waals surface area contributed by atoms with Crippen molar-refractivity contribution in [2.75, 3.05) is 24.9 Å². The smallest absolute Gasteiger partial charge is 0.328 e. The second kappa shape index (κ2) is 7.99. The fourth-order valence-electron chi connectivity index (χ4n) is 0.867. The number of carbonyl (C=O) groups excluding carboxylic acids is 2. The van der Waals surface area contributed by atoms with E-state index in [1.54, 1.807) is 11.8 Å². The van der Waals surface area contributed by atoms with Crippen LogP contribution < -0.4 is 5.32 Å². The van der Waals surface area contributed by atoms with Gasteiger partial charge in [-0.25, -0.2) is 4.79 Å². The van der Waals surface area contributed by atoms with Gasteiger partial charge in [-0.05, 0) is 18.4 Å². The highest BCUT2D eigenvalue weighted by molar-refractivity contribution is 7.98. The number of amides is 1. The van der Waals surface area contributed by atoms with Crippen LogP contribution in [-0.4, -0.2) is 42.8 Å². The van der Waals surface area contributed by atoms with Crippen molar-refractivity contribution < 1.29 is 14.3 Å². The highest BCUT2D eigenvalue weighted by atomic mass is 32.2. The van der Waals surface area contributed by atoms with E-state index >= 15 is 0 Å². The summed E-state index contributed by atoms with van der Waals surface area (Å²) in [7, 11) is 1.31. The van der Waals surface area contributed by atoms with Crippen LogP contribution in [0.5, 0.6) is 0 Å². The molecule has 82 valence electrons. The molecule has 0 unspecified atom stereocenters. The average molecular weight is 237 g/mol. The van der Waals surface area contributed by atoms with Gasteiger partial charge in [0.25, 0.3) is 0 Å². The number of thioether (sulfide) groups is 1. The molecule has 6 heteroatoms. The fraction of sp³-hybridized carbons (Fsp3) is 0.750. The van der Waals surface area contributed by atoms with Crippen molar-refractivity contribution in [3.8, 4) is 0 Å². The molecule has 0 fully saturated rings. The van der Waals surface area contributed by atoms with E-state index in [1.165, 1.54) is 7.11 Å². The van der Waals surface area contributed by atoms with E-state index in [-0.39, 0.29) is 11.7 Å². The van der Waals surface area contributed by atoms with Crippen molar-refractivity contribution in [3.63, 3.8) is 0 Å². The van der Waals surface area contributed by atoms with Gasteiger partial charge in [0.1, 0.15) is 6.04 Å². The first-order chi connectivity index (χ1) is 6.65. The highest BCUT2D eigenvalue weighted by Crippen LogP contribution is 2.02. The summed E-state index contributed by atoms with van der Waals surface area (Å²) in [4.78, 5) is 22.2. The molecular weight excluding hydrogens is 222 g/mol. The molecule has 0 heterocycles. The summed E-state index contributed by atoms with van der Waals surface area (Å²) < 4.78 is 4.57. The molecule has 0 aliphatic heterocycles. The number of hydrogen-bond acceptors (Lipinski definition) is 5. The lowest BCUT2D eigenvalue weighted by Crippen LogP contribution is -2.42. The standard InChI is InChI=1S/C8H15NO3S2/c1-12-8(11)6(3-4-14-2)9-7(10)5-13/h6,13H,3-5H2,1-2H3,(H,9,10)/t6-/m0/s1. The molecule has 0 saturated carbocycles. The van der Waals surface area contributed by atoms with Crippen molar-refractivity contribution in [3.05, 3.63) is 0 Å². The van der Waals surface area contributed by atoms with Gasteiger partial charge in [-0.15, -0.1) is 0 Å². The van der Waals surface area contributed by atoms with E-state index < -0.39 is 12.0 Å². The average Bonchev–Trinajstić information content (AvgIpc) is 2.22. The van der Waals surface area contributed by atoms with Crippen LogP contribution >= 0.6 is 24.4 Å². The van der Waals surface area contributed by atoms with E-state index in [0.717, 1.165) is 5.75 Å². The van der Waals surface area contributed by atoms with Crippen LogP contribution in [0.4, 0.5) is 0 Å². The summed E-state index contributed by atoms with van der Waals surface area (Å²) in [6.45, 7) is 0. The lowest BCUT2D eigenvalue weighted by molar-refractivity contribution is -0.144. The Morgan fingerprint density at radius 3 is 2.64 bits per heavy atom. The third-order valence-corrected chi connectivity index (χ3v) is 2.51. The Labute approximate surface area is 93.6 Å². The van der Waals surface area contributed by atoms with Crippen molar-refractivity contribution in [2.45, 2.75) is 12.5 Å². The summed E-state index contributed by atoms with van der Waals surface area (Å²) in [5.74, 6) is 0.207. The van der Waals surface area contributed by atoms with Crippen LogP contribution in [0.3, 0.4) is 0 Å². The molecule has 0 spiro atoms. The molecule has 0 aromatic rings. The van der Waals surface area contributed by atoms with E-state index in [0.29, 0.717) is 6.42 Å². The lowest BCUT2D eigenvalue weighted by atomic mass is 10.2. The summed E-state index contributed by atoms with van der Waals surface area (Å²) in [5.41, 5.74) is 0. The Morgan fingerprint density at radius 2 is 2.21 bits per heavy atom. The van der Waals surface area contributed by atoms with Gasteiger partial charge in [-0.3, -0.25) is 4.79 Å². The van der Waals surface area contributed by atoms with E-state index in [1.807, 2.05) is 6.26 Å². The Balaban J connectivity index is 4.09. The molecule has 0 aliphatic carbocycles. The van der Waals surface area contributed by atoms with Crippen LogP contribution in [0.2, 0.25) is 0 Å². The minimum atomic E-state index is -0.549. The molecule has 0 radical (unpaired) electrons. The number of nitrogens with one attached hydrogen (secondary N) is 1. The topological polar surface area (TPSA) is 55.4 Å². The Morgan fingerprint density at radius 1 is 1.57 bits per heavy atom. The number of rotatable bonds is 6. The van der Waals surface area contributed by atoms with Gasteiger partial charge in [0.15, 0.2) is 0 Å². The molecular formula is C8H15NO3S2. The third-order valence-electron chi connectivity index (χ3n) is 1.58. The molecule has 1 amide bonds. The normalized spacial score (nSPS) is 11.9. The van der Waals surface area contributed by atoms with Crippen molar-refractivity contribution in [1.82, 2.24) is 5.32 Å². The van der Waals surface area contributed by atoms with Gasteiger partial charge in [-0.1, -0.05) is 0 Å². The maximum Gasteiger partial charge on any atom is 0.328 e. The van der Waals surface area contributed by atoms with Crippen LogP contribution in [0.25, 0.3) is 0 Å². The van der Waals surface area contributed by atoms with Gasteiger partial charge in [0.2, 0.25) is 5.91 Å². The third kappa shape index (κ3) is 5.39. The van der Waals surface area contributed by atoms with Crippen molar-refractivity contribution >= 4 is 36.3 Å². The zero-order chi connectivity index (χ0) is 11.0. The Kier molecular flexibility index (Phi) is 7.78. The Hall–Kier alpha value is -0.360. The molecule has 14 heavy (non-hydrogen) atoms. The maximum absolute atomic E-state index is 11.2. The van der Waals surface area contributed by atoms with E-state index in [4.69, 9.17) is 0 Å². The quantitative estimate of drug-likeness (QED) is 0.516. The first-order valence-corrected chi connectivity index (χ1v) is 6.15. The van der Waals surface area contributed by atoms with Crippen LogP contribution in [-0.2, 0) is 14.3 Å². The zero-order valence-corrected chi connectivity index (χ0v) is 9.99. The number of thiol groups is 1. The monoisotopic (exact) mass is 237 g/mol. The molecule has 1 N–H and O–H groups in total. The van der Waals surface area contributed by atoms with Crippen LogP contribution in [0, 0.1) is 0 Å². The van der Waals surface area contributed by atoms with Gasteiger partial charge < -0.3 is 10.1 Å². The molecule has 1 atom stereocenters. The van der Waals surface area contributed by atoms with Crippen molar-refractivity contribution in [2.24, 2.45) is 0 Å². The second-order valence-corrected chi connectivity index (χ2v) is 3.88. The molecule has 4 nitrogen and oxygen atoms in total. The number of carbonyl (C=O) groups is 2. The second-order valence-electron chi connectivity index (χ2n) is 2.58. The Bertz CT molecular complexity index is 199. The molecule has 0 bridgehead atoms. The number of esters is 1. The summed E-state index contributed by atoms with van der Waals surface area (Å²) in [6, 6.07) is -0.549. The van der Waals surface area contributed by atoms with Crippen molar-refractivity contribution in [1.29, 1.82) is 0 Å². The van der Waals surface area contributed by atoms with Gasteiger partial charge >= 0.3 is 5.97 Å². The molecule has 0 aromatic heterocycles. The van der Waals surface area contributed by atoms with E-state index in [2.05, 4.69) is 22.7 Å². The molecule has 0 saturated heterocycles. The molecule has 0 rings (SSSR count). The van der Waals surface area contributed by atoms with E-state index in [9.17, 15) is 9.59 Å². The minimum absolute atomic E-state index is 0.0762. The van der Waals surface area contributed by atoms with Crippen LogP contribution in [0.15, 0.2) is 0 Å². The molecule has 0 aromatic carbocycles. The lowest BCUT2D eigenvalue weighted by Gasteiger charge is -2.14. The number of ether oxygens (including phenoxy) is 1. The predicted molar refractivity (Wildman–Crippen MR) is 60.8 cm³/mol. The maximum atomic E-state index is 11.2. The minimum Gasteiger partial charge on any atom is -0.467 e. The first-order valence-electron chi connectivity index (χ1n) is 4.12. The number of hydrogen-bond donors (Lipinski definition) is 2. The SMILES string of the molecule is COC(=O)[C@H](CCSC)NC(=O)CS. The molecule has 0 aliphatic rings. The summed E-state index contributed by atoms with van der Waals surface area (Å²) >= 11 is 5.42. The fourth-order valence-corrected chi connectivity index (χ4v) is 1.43. The van der Waals surface area contributed by atoms with Gasteiger partial charge in [0, 0.05) is 0 Å². The van der Waals surface area contributed by atoms with Crippen LogP contribution in [0.1, 0.15) is 6.42 Å².